The van der Waals surface area contributed by atoms with Crippen molar-refractivity contribution in [1.82, 2.24) is 5.32 Å². The zero-order chi connectivity index (χ0) is 21.1. The van der Waals surface area contributed by atoms with Crippen molar-refractivity contribution in [3.8, 4) is 0 Å². The molecule has 3 aromatic rings. The van der Waals surface area contributed by atoms with E-state index in [1.807, 2.05) is 23.6 Å². The Labute approximate surface area is 194 Å². The molecule has 4 rings (SSSR count). The lowest BCUT2D eigenvalue weighted by atomic mass is 10.1. The summed E-state index contributed by atoms with van der Waals surface area (Å²) in [6, 6.07) is 10.9. The quantitative estimate of drug-likeness (QED) is 0.370. The van der Waals surface area contributed by atoms with E-state index in [0.717, 1.165) is 27.6 Å². The third-order valence-electron chi connectivity index (χ3n) is 4.43. The van der Waals surface area contributed by atoms with Gasteiger partial charge in [0.15, 0.2) is 8.38 Å². The lowest BCUT2D eigenvalue weighted by molar-refractivity contribution is -0.120. The number of amides is 1. The maximum absolute atomic E-state index is 13.2. The van der Waals surface area contributed by atoms with Gasteiger partial charge in [-0.1, -0.05) is 34.8 Å². The summed E-state index contributed by atoms with van der Waals surface area (Å²) in [7, 11) is -1.41. The van der Waals surface area contributed by atoms with Crippen LogP contribution in [-0.2, 0) is 13.8 Å². The smallest absolute Gasteiger partial charge is 0.240 e. The summed E-state index contributed by atoms with van der Waals surface area (Å²) in [6.07, 6.45) is 4.14. The van der Waals surface area contributed by atoms with Crippen LogP contribution in [0.5, 0.6) is 0 Å². The molecule has 1 aliphatic heterocycles. The fourth-order valence-corrected chi connectivity index (χ4v) is 6.59. The van der Waals surface area contributed by atoms with Crippen LogP contribution in [0.3, 0.4) is 0 Å². The minimum absolute atomic E-state index is 0.202. The zero-order valence-electron chi connectivity index (χ0n) is 15.6. The van der Waals surface area contributed by atoms with Crippen LogP contribution in [0.4, 0.5) is 0 Å². The summed E-state index contributed by atoms with van der Waals surface area (Å²) in [5.74, 6) is -0.202. The number of nitrogens with one attached hydrogen (secondary N) is 1. The maximum Gasteiger partial charge on any atom is 0.240 e. The third kappa shape index (κ3) is 5.17. The molecule has 1 unspecified atom stereocenters. The molecule has 9 heteroatoms. The second kappa shape index (κ2) is 9.97. The lowest BCUT2D eigenvalue weighted by Gasteiger charge is -2.28. The molecular weight excluding hydrogens is 484 g/mol. The highest BCUT2D eigenvalue weighted by atomic mass is 35.5. The fourth-order valence-electron chi connectivity index (χ4n) is 3.11. The second-order valence-corrected chi connectivity index (χ2v) is 10.4. The highest BCUT2D eigenvalue weighted by molar-refractivity contribution is 7.49. The van der Waals surface area contributed by atoms with Crippen molar-refractivity contribution in [3.05, 3.63) is 74.2 Å². The molecule has 0 spiro atoms. The van der Waals surface area contributed by atoms with E-state index in [2.05, 4.69) is 5.32 Å². The number of hydrogen-bond donors (Lipinski definition) is 1. The first-order valence-electron chi connectivity index (χ1n) is 9.16. The van der Waals surface area contributed by atoms with Crippen LogP contribution in [0, 0.1) is 0 Å². The molecule has 4 nitrogen and oxygen atoms in total. The minimum atomic E-state index is -1.41. The molecule has 1 N–H and O–H groups in total. The monoisotopic (exact) mass is 499 g/mol. The maximum atomic E-state index is 13.2. The van der Waals surface area contributed by atoms with Gasteiger partial charge >= 0.3 is 0 Å². The molecule has 1 aliphatic rings. The third-order valence-corrected chi connectivity index (χ3v) is 7.89. The molecule has 2 aromatic carbocycles. The van der Waals surface area contributed by atoms with Crippen LogP contribution < -0.4 is 5.32 Å². The normalized spacial score (nSPS) is 16.2. The summed E-state index contributed by atoms with van der Waals surface area (Å²) in [4.78, 5) is 13.2. The summed E-state index contributed by atoms with van der Waals surface area (Å²) in [6.45, 7) is 1.16. The molecule has 2 heterocycles. The van der Waals surface area contributed by atoms with E-state index in [9.17, 15) is 4.79 Å². The van der Waals surface area contributed by atoms with Gasteiger partial charge in [-0.25, -0.2) is 0 Å². The molecule has 1 aromatic heterocycles. The van der Waals surface area contributed by atoms with Gasteiger partial charge in [0.25, 0.3) is 0 Å². The van der Waals surface area contributed by atoms with Gasteiger partial charge in [0.05, 0.1) is 13.2 Å². The topological polar surface area (TPSA) is 47.6 Å². The van der Waals surface area contributed by atoms with Crippen molar-refractivity contribution in [2.24, 2.45) is 0 Å². The molecular formula is C21H17Cl3NO3PS. The molecule has 156 valence electrons. The van der Waals surface area contributed by atoms with Gasteiger partial charge in [0, 0.05) is 26.0 Å². The molecule has 0 aliphatic carbocycles. The number of thiophene rings is 1. The molecule has 1 atom stereocenters. The van der Waals surface area contributed by atoms with Gasteiger partial charge in [0.1, 0.15) is 5.66 Å². The van der Waals surface area contributed by atoms with Gasteiger partial charge < -0.3 is 14.4 Å². The largest absolute Gasteiger partial charge is 0.333 e. The van der Waals surface area contributed by atoms with E-state index in [0.29, 0.717) is 28.3 Å². The Balaban J connectivity index is 1.61. The van der Waals surface area contributed by atoms with Crippen LogP contribution in [-0.4, -0.2) is 19.1 Å². The van der Waals surface area contributed by atoms with Gasteiger partial charge in [-0.05, 0) is 70.8 Å². The predicted molar refractivity (Wildman–Crippen MR) is 127 cm³/mol. The first kappa shape index (κ1) is 22.0. The van der Waals surface area contributed by atoms with Gasteiger partial charge in [-0.3, -0.25) is 4.79 Å². The van der Waals surface area contributed by atoms with Crippen molar-refractivity contribution in [2.75, 3.05) is 13.2 Å². The van der Waals surface area contributed by atoms with Crippen LogP contribution in [0.1, 0.15) is 23.2 Å². The standard InChI is InChI=1S/C21H17Cl3NO3PS/c22-14-2-3-19-17(11-14)18(12-30-19)20(29-27-6-1-7-28-29)21(26)25-5-4-13-8-15(23)10-16(24)9-13/h2-5,8-12,20H,1,6-7H2,(H,25,26). The van der Waals surface area contributed by atoms with Crippen LogP contribution in [0.15, 0.2) is 48.0 Å². The average molecular weight is 501 g/mol. The lowest BCUT2D eigenvalue weighted by Crippen LogP contribution is -2.26. The Morgan fingerprint density at radius 1 is 1.07 bits per heavy atom. The molecule has 1 fully saturated rings. The first-order valence-corrected chi connectivity index (χ1v) is 12.4. The van der Waals surface area contributed by atoms with Gasteiger partial charge in [0.2, 0.25) is 5.91 Å². The number of halogens is 3. The van der Waals surface area contributed by atoms with E-state index in [1.165, 1.54) is 0 Å². The molecule has 1 saturated heterocycles. The van der Waals surface area contributed by atoms with E-state index in [4.69, 9.17) is 43.9 Å². The SMILES string of the molecule is O=C(NC=Cc1cc(Cl)cc(Cl)c1)C(c1csc2ccc(Cl)cc12)P1OCCCO1. The molecule has 30 heavy (non-hydrogen) atoms. The number of carbonyl (C=O) groups excluding carboxylic acids is 1. The van der Waals surface area contributed by atoms with E-state index < -0.39 is 14.0 Å². The second-order valence-electron chi connectivity index (χ2n) is 6.58. The van der Waals surface area contributed by atoms with Crippen molar-refractivity contribution < 1.29 is 13.8 Å². The van der Waals surface area contributed by atoms with Crippen molar-refractivity contribution in [1.29, 1.82) is 0 Å². The Hall–Kier alpha value is -1.17. The Kier molecular flexibility index (Phi) is 7.32. The number of benzene rings is 2. The summed E-state index contributed by atoms with van der Waals surface area (Å²) in [5.41, 5.74) is 1.08. The fraction of sp³-hybridized carbons (Fsp3) is 0.190. The Bertz CT molecular complexity index is 1080. The average Bonchev–Trinajstić information content (AvgIpc) is 3.11. The predicted octanol–water partition coefficient (Wildman–Crippen LogP) is 7.44. The van der Waals surface area contributed by atoms with Crippen molar-refractivity contribution in [2.45, 2.75) is 12.1 Å². The van der Waals surface area contributed by atoms with Crippen molar-refractivity contribution in [3.63, 3.8) is 0 Å². The number of fused-ring (bicyclic) bond motifs is 1. The summed E-state index contributed by atoms with van der Waals surface area (Å²) in [5, 5.41) is 7.46. The number of hydrogen-bond acceptors (Lipinski definition) is 4. The molecule has 0 radical (unpaired) electrons. The Morgan fingerprint density at radius 2 is 1.80 bits per heavy atom. The minimum Gasteiger partial charge on any atom is -0.333 e. The van der Waals surface area contributed by atoms with Gasteiger partial charge in [-0.15, -0.1) is 11.3 Å². The highest BCUT2D eigenvalue weighted by Crippen LogP contribution is 2.56. The van der Waals surface area contributed by atoms with Crippen LogP contribution in [0.25, 0.3) is 16.2 Å². The molecule has 0 saturated carbocycles. The Morgan fingerprint density at radius 3 is 2.53 bits per heavy atom. The number of rotatable bonds is 5. The molecule has 0 bridgehead atoms. The van der Waals surface area contributed by atoms with E-state index >= 15 is 0 Å². The van der Waals surface area contributed by atoms with Gasteiger partial charge in [-0.2, -0.15) is 0 Å². The molecule has 1 amide bonds. The zero-order valence-corrected chi connectivity index (χ0v) is 19.6. The highest BCUT2D eigenvalue weighted by Gasteiger charge is 2.35. The van der Waals surface area contributed by atoms with E-state index in [-0.39, 0.29) is 5.91 Å². The van der Waals surface area contributed by atoms with Crippen molar-refractivity contribution >= 4 is 76.6 Å². The van der Waals surface area contributed by atoms with Crippen LogP contribution >= 0.6 is 54.5 Å². The number of carbonyl (C=O) groups is 1. The first-order chi connectivity index (χ1) is 14.5. The van der Waals surface area contributed by atoms with E-state index in [1.54, 1.807) is 41.8 Å². The summed E-state index contributed by atoms with van der Waals surface area (Å²) >= 11 is 19.8. The van der Waals surface area contributed by atoms with Crippen LogP contribution in [0.2, 0.25) is 15.1 Å². The summed E-state index contributed by atoms with van der Waals surface area (Å²) < 4.78 is 12.8.